The van der Waals surface area contributed by atoms with E-state index in [1.165, 1.54) is 6.07 Å². The summed E-state index contributed by atoms with van der Waals surface area (Å²) in [4.78, 5) is 47.4. The Kier molecular flexibility index (Phi) is 6.42. The van der Waals surface area contributed by atoms with Gasteiger partial charge in [-0.2, -0.15) is 0 Å². The third kappa shape index (κ3) is 3.76. The molecule has 1 atom stereocenters. The summed E-state index contributed by atoms with van der Waals surface area (Å²) >= 11 is 0. The van der Waals surface area contributed by atoms with Crippen molar-refractivity contribution in [3.8, 4) is 0 Å². The van der Waals surface area contributed by atoms with Crippen LogP contribution in [0.5, 0.6) is 0 Å². The summed E-state index contributed by atoms with van der Waals surface area (Å²) in [6.45, 7) is 0. The van der Waals surface area contributed by atoms with Crippen molar-refractivity contribution in [1.82, 2.24) is 4.90 Å². The topological polar surface area (TPSA) is 121 Å². The molecule has 2 aromatic rings. The van der Waals surface area contributed by atoms with E-state index in [-0.39, 0.29) is 68.2 Å². The largest absolute Gasteiger partial charge is 1.00 e. The van der Waals surface area contributed by atoms with Crippen molar-refractivity contribution in [3.05, 3.63) is 75.3 Å². The van der Waals surface area contributed by atoms with Gasteiger partial charge in [-0.3, -0.25) is 24.6 Å². The Bertz CT molecular complexity index is 899. The molecule has 0 bridgehead atoms. The van der Waals surface area contributed by atoms with Crippen LogP contribution < -0.4 is 56.5 Å². The van der Waals surface area contributed by atoms with Gasteiger partial charge in [0.1, 0.15) is 0 Å². The van der Waals surface area contributed by atoms with E-state index >= 15 is 0 Å². The van der Waals surface area contributed by atoms with Crippen LogP contribution in [0.15, 0.2) is 48.5 Å². The van der Waals surface area contributed by atoms with Crippen LogP contribution in [-0.2, 0) is 4.79 Å². The maximum absolute atomic E-state index is 12.6. The zero-order valence-corrected chi connectivity index (χ0v) is 16.9. The third-order valence-electron chi connectivity index (χ3n) is 3.97. The van der Waals surface area contributed by atoms with Crippen LogP contribution >= 0.6 is 0 Å². The van der Waals surface area contributed by atoms with Gasteiger partial charge >= 0.3 is 51.4 Å². The maximum atomic E-state index is 12.6. The summed E-state index contributed by atoms with van der Waals surface area (Å²) in [7, 11) is 0. The first-order valence-electron chi connectivity index (χ1n) is 7.31. The van der Waals surface area contributed by atoms with Crippen molar-refractivity contribution in [1.29, 1.82) is 0 Å². The van der Waals surface area contributed by atoms with Crippen LogP contribution in [0.2, 0.25) is 0 Å². The van der Waals surface area contributed by atoms with E-state index < -0.39 is 35.2 Å². The minimum absolute atomic E-state index is 0. The molecule has 126 valence electrons. The first-order chi connectivity index (χ1) is 11.9. The number of amides is 2. The number of nitro benzene ring substituents is 1. The Hall–Kier alpha value is -1.91. The number of nitro groups is 1. The van der Waals surface area contributed by atoms with Crippen molar-refractivity contribution in [3.63, 3.8) is 0 Å². The molecule has 0 radical (unpaired) electrons. The molecule has 0 N–H and O–H groups in total. The van der Waals surface area contributed by atoms with Gasteiger partial charge in [0, 0.05) is 24.5 Å². The van der Waals surface area contributed by atoms with Crippen molar-refractivity contribution in [2.24, 2.45) is 0 Å². The fourth-order valence-electron chi connectivity index (χ4n) is 2.84. The van der Waals surface area contributed by atoms with Gasteiger partial charge in [-0.05, 0) is 11.6 Å². The fourth-order valence-corrected chi connectivity index (χ4v) is 2.84. The second-order valence-electron chi connectivity index (χ2n) is 5.47. The molecule has 0 aliphatic carbocycles. The quantitative estimate of drug-likeness (QED) is 0.259. The number of carbonyl (C=O) groups is 3. The predicted molar refractivity (Wildman–Crippen MR) is 82.4 cm³/mol. The number of carboxylic acid groups (broad SMARTS) is 1. The Labute approximate surface area is 190 Å². The molecule has 1 heterocycles. The first kappa shape index (κ1) is 20.4. The van der Waals surface area contributed by atoms with Gasteiger partial charge in [0.2, 0.25) is 0 Å². The van der Waals surface area contributed by atoms with Gasteiger partial charge in [-0.25, -0.2) is 0 Å². The number of aliphatic carboxylic acids is 1. The smallest absolute Gasteiger partial charge is 0.550 e. The number of fused-ring (bicyclic) bond motifs is 1. The molecule has 9 heteroatoms. The van der Waals surface area contributed by atoms with Crippen molar-refractivity contribution in [2.45, 2.75) is 12.5 Å². The SMILES string of the molecule is O=C([O-])CC(c1ccccc1)N1C(=O)c2ccc([N+](=O)[O-])cc2C1=O.[K+]. The molecule has 2 amide bonds. The van der Waals surface area contributed by atoms with Crippen LogP contribution in [0, 0.1) is 10.1 Å². The molecule has 2 aromatic carbocycles. The number of carboxylic acids is 1. The summed E-state index contributed by atoms with van der Waals surface area (Å²) in [5.74, 6) is -2.87. The second-order valence-corrected chi connectivity index (χ2v) is 5.47. The van der Waals surface area contributed by atoms with Crippen LogP contribution in [0.25, 0.3) is 0 Å². The molecule has 1 aliphatic rings. The summed E-state index contributed by atoms with van der Waals surface area (Å²) in [5.41, 5.74) is 0.0296. The van der Waals surface area contributed by atoms with E-state index in [1.54, 1.807) is 30.3 Å². The van der Waals surface area contributed by atoms with E-state index in [4.69, 9.17) is 0 Å². The van der Waals surface area contributed by atoms with Crippen LogP contribution in [0.4, 0.5) is 5.69 Å². The molecule has 8 nitrogen and oxygen atoms in total. The van der Waals surface area contributed by atoms with E-state index in [0.717, 1.165) is 17.0 Å². The van der Waals surface area contributed by atoms with Gasteiger partial charge < -0.3 is 9.90 Å². The Morgan fingerprint density at radius 1 is 1.04 bits per heavy atom. The number of non-ortho nitro benzene ring substituents is 1. The van der Waals surface area contributed by atoms with E-state index in [2.05, 4.69) is 0 Å². The summed E-state index contributed by atoms with van der Waals surface area (Å²) < 4.78 is 0. The zero-order chi connectivity index (χ0) is 18.1. The van der Waals surface area contributed by atoms with Crippen LogP contribution in [0.3, 0.4) is 0 Å². The van der Waals surface area contributed by atoms with Gasteiger partial charge in [0.15, 0.2) is 0 Å². The van der Waals surface area contributed by atoms with E-state index in [9.17, 15) is 29.6 Å². The average molecular weight is 378 g/mol. The zero-order valence-electron chi connectivity index (χ0n) is 13.7. The molecular weight excluding hydrogens is 367 g/mol. The monoisotopic (exact) mass is 378 g/mol. The standard InChI is InChI=1S/C17H12N2O6.K/c20-15(21)9-14(10-4-2-1-3-5-10)18-16(22)12-7-6-11(19(24)25)8-13(12)17(18)23;/h1-8,14H,9H2,(H,20,21);/q;+1/p-1. The number of nitrogens with zero attached hydrogens (tertiary/aromatic N) is 2. The number of rotatable bonds is 5. The molecule has 26 heavy (non-hydrogen) atoms. The maximum Gasteiger partial charge on any atom is 1.00 e. The van der Waals surface area contributed by atoms with Gasteiger partial charge in [0.05, 0.1) is 22.1 Å². The number of benzene rings is 2. The summed E-state index contributed by atoms with van der Waals surface area (Å²) in [6.07, 6.45) is -0.572. The molecule has 0 spiro atoms. The number of hydrogen-bond donors (Lipinski definition) is 0. The molecule has 3 rings (SSSR count). The van der Waals surface area contributed by atoms with Crippen LogP contribution in [0.1, 0.15) is 38.7 Å². The van der Waals surface area contributed by atoms with Crippen molar-refractivity contribution in [2.75, 3.05) is 0 Å². The molecular formula is C17H11KN2O6. The predicted octanol–water partition coefficient (Wildman–Crippen LogP) is -1.92. The molecule has 1 unspecified atom stereocenters. The minimum Gasteiger partial charge on any atom is -0.550 e. The Morgan fingerprint density at radius 3 is 2.23 bits per heavy atom. The Morgan fingerprint density at radius 2 is 1.65 bits per heavy atom. The fraction of sp³-hybridized carbons (Fsp3) is 0.118. The number of imide groups is 1. The molecule has 1 aliphatic heterocycles. The van der Waals surface area contributed by atoms with Gasteiger partial charge in [-0.15, -0.1) is 0 Å². The normalized spacial score (nSPS) is 13.8. The molecule has 0 saturated carbocycles. The average Bonchev–Trinajstić information content (AvgIpc) is 2.84. The Balaban J connectivity index is 0.00000243. The number of carbonyl (C=O) groups excluding carboxylic acids is 3. The summed E-state index contributed by atoms with van der Waals surface area (Å²) in [6, 6.07) is 10.5. The van der Waals surface area contributed by atoms with Crippen LogP contribution in [-0.4, -0.2) is 27.6 Å². The van der Waals surface area contributed by atoms with Crippen molar-refractivity contribution >= 4 is 23.5 Å². The van der Waals surface area contributed by atoms with E-state index in [1.807, 2.05) is 0 Å². The molecule has 0 saturated heterocycles. The minimum atomic E-state index is -1.42. The number of hydrogen-bond acceptors (Lipinski definition) is 6. The van der Waals surface area contributed by atoms with Crippen molar-refractivity contribution < 1.29 is 75.8 Å². The second kappa shape index (κ2) is 8.19. The third-order valence-corrected chi connectivity index (χ3v) is 3.97. The van der Waals surface area contributed by atoms with E-state index in [0.29, 0.717) is 5.56 Å². The van der Waals surface area contributed by atoms with Gasteiger partial charge in [-0.1, -0.05) is 30.3 Å². The summed E-state index contributed by atoms with van der Waals surface area (Å²) in [5, 5.41) is 22.0. The first-order valence-corrected chi connectivity index (χ1v) is 7.31. The molecule has 0 aromatic heterocycles. The molecule has 0 fully saturated rings. The van der Waals surface area contributed by atoms with Gasteiger partial charge in [0.25, 0.3) is 17.5 Å².